The molecule has 7 heteroatoms. The van der Waals surface area contributed by atoms with Crippen molar-refractivity contribution in [3.63, 3.8) is 0 Å². The molecule has 1 heterocycles. The largest absolute Gasteiger partial charge is 0.382 e. The Hall–Kier alpha value is -1.99. The van der Waals surface area contributed by atoms with E-state index < -0.39 is 10.0 Å². The molecular formula is C11H12N4O2S. The number of sulfonamides is 1. The number of hydrogen-bond acceptors (Lipinski definition) is 5. The molecule has 0 saturated carbocycles. The molecule has 0 aliphatic carbocycles. The van der Waals surface area contributed by atoms with E-state index in [1.807, 2.05) is 30.3 Å². The lowest BCUT2D eigenvalue weighted by Crippen LogP contribution is -2.24. The number of anilines is 1. The Balaban J connectivity index is 2.16. The molecule has 0 spiro atoms. The van der Waals surface area contributed by atoms with Crippen LogP contribution in [0.1, 0.15) is 5.56 Å². The molecule has 3 N–H and O–H groups in total. The molecule has 2 rings (SSSR count). The summed E-state index contributed by atoms with van der Waals surface area (Å²) in [7, 11) is -3.69. The average molecular weight is 264 g/mol. The molecule has 0 aliphatic heterocycles. The summed E-state index contributed by atoms with van der Waals surface area (Å²) in [5.41, 5.74) is 6.36. The third-order valence-corrected chi connectivity index (χ3v) is 3.72. The summed E-state index contributed by atoms with van der Waals surface area (Å²) in [6.45, 7) is 0.192. The lowest BCUT2D eigenvalue weighted by Gasteiger charge is -2.07. The van der Waals surface area contributed by atoms with E-state index in [1.165, 1.54) is 12.5 Å². The van der Waals surface area contributed by atoms with Gasteiger partial charge in [0, 0.05) is 6.54 Å². The average Bonchev–Trinajstić information content (AvgIpc) is 2.38. The number of rotatable bonds is 4. The summed E-state index contributed by atoms with van der Waals surface area (Å²) in [4.78, 5) is 7.19. The van der Waals surface area contributed by atoms with E-state index in [0.717, 1.165) is 5.56 Å². The predicted molar refractivity (Wildman–Crippen MR) is 66.9 cm³/mol. The van der Waals surface area contributed by atoms with Gasteiger partial charge in [0.2, 0.25) is 10.0 Å². The maximum absolute atomic E-state index is 12.0. The molecule has 0 radical (unpaired) electrons. The fourth-order valence-corrected chi connectivity index (χ4v) is 2.43. The molecule has 0 saturated heterocycles. The van der Waals surface area contributed by atoms with E-state index >= 15 is 0 Å². The molecule has 2 aromatic rings. The number of hydrogen-bond donors (Lipinski definition) is 2. The summed E-state index contributed by atoms with van der Waals surface area (Å²) >= 11 is 0. The maximum Gasteiger partial charge on any atom is 0.246 e. The third kappa shape index (κ3) is 2.82. The number of nitrogens with two attached hydrogens (primary N) is 1. The third-order valence-electron chi connectivity index (χ3n) is 2.31. The summed E-state index contributed by atoms with van der Waals surface area (Å²) in [5.74, 6) is -0.0643. The molecule has 0 bridgehead atoms. The highest BCUT2D eigenvalue weighted by molar-refractivity contribution is 7.89. The Kier molecular flexibility index (Phi) is 3.54. The maximum atomic E-state index is 12.0. The molecule has 1 aromatic carbocycles. The zero-order valence-electron chi connectivity index (χ0n) is 9.45. The molecule has 0 fully saturated rings. The minimum atomic E-state index is -3.69. The second-order valence-electron chi connectivity index (χ2n) is 3.58. The summed E-state index contributed by atoms with van der Waals surface area (Å²) in [6, 6.07) is 9.19. The van der Waals surface area contributed by atoms with Crippen LogP contribution < -0.4 is 10.5 Å². The highest BCUT2D eigenvalue weighted by atomic mass is 32.2. The standard InChI is InChI=1S/C11H12N4O2S/c12-11-10(7-13-8-14-11)18(16,17)15-6-9-4-2-1-3-5-9/h1-5,7-8,15H,6H2,(H2,12,13,14). The molecule has 1 aromatic heterocycles. The Labute approximate surface area is 105 Å². The summed E-state index contributed by atoms with van der Waals surface area (Å²) in [6.07, 6.45) is 2.38. The molecule has 6 nitrogen and oxygen atoms in total. The number of nitrogen functional groups attached to an aromatic ring is 1. The van der Waals surface area contributed by atoms with Crippen LogP contribution in [0.25, 0.3) is 0 Å². The van der Waals surface area contributed by atoms with E-state index in [2.05, 4.69) is 14.7 Å². The zero-order valence-corrected chi connectivity index (χ0v) is 10.3. The van der Waals surface area contributed by atoms with E-state index in [0.29, 0.717) is 0 Å². The van der Waals surface area contributed by atoms with Crippen molar-refractivity contribution in [2.24, 2.45) is 0 Å². The number of benzene rings is 1. The van der Waals surface area contributed by atoms with Gasteiger partial charge in [0.05, 0.1) is 6.20 Å². The van der Waals surface area contributed by atoms with Crippen molar-refractivity contribution >= 4 is 15.8 Å². The van der Waals surface area contributed by atoms with Crippen LogP contribution in [0.3, 0.4) is 0 Å². The van der Waals surface area contributed by atoms with Crippen LogP contribution in [0.2, 0.25) is 0 Å². The van der Waals surface area contributed by atoms with Gasteiger partial charge in [-0.1, -0.05) is 30.3 Å². The number of nitrogens with zero attached hydrogens (tertiary/aromatic N) is 2. The second-order valence-corrected chi connectivity index (χ2v) is 5.32. The van der Waals surface area contributed by atoms with Crippen LogP contribution >= 0.6 is 0 Å². The van der Waals surface area contributed by atoms with Crippen molar-refractivity contribution in [2.45, 2.75) is 11.4 Å². The van der Waals surface area contributed by atoms with Gasteiger partial charge in [0.25, 0.3) is 0 Å². The topological polar surface area (TPSA) is 98.0 Å². The van der Waals surface area contributed by atoms with E-state index in [9.17, 15) is 8.42 Å². The van der Waals surface area contributed by atoms with Crippen molar-refractivity contribution in [3.8, 4) is 0 Å². The highest BCUT2D eigenvalue weighted by Crippen LogP contribution is 2.13. The van der Waals surface area contributed by atoms with Gasteiger partial charge in [0.15, 0.2) is 0 Å². The van der Waals surface area contributed by atoms with Gasteiger partial charge < -0.3 is 5.73 Å². The quantitative estimate of drug-likeness (QED) is 0.839. The fourth-order valence-electron chi connectivity index (χ4n) is 1.39. The molecule has 18 heavy (non-hydrogen) atoms. The van der Waals surface area contributed by atoms with E-state index in [4.69, 9.17) is 5.73 Å². The Morgan fingerprint density at radius 3 is 2.61 bits per heavy atom. The highest BCUT2D eigenvalue weighted by Gasteiger charge is 2.17. The van der Waals surface area contributed by atoms with Crippen LogP contribution in [0.4, 0.5) is 5.82 Å². The van der Waals surface area contributed by atoms with Gasteiger partial charge in [0.1, 0.15) is 17.0 Å². The molecular weight excluding hydrogens is 252 g/mol. The van der Waals surface area contributed by atoms with Crippen molar-refractivity contribution in [1.82, 2.24) is 14.7 Å². The molecule has 94 valence electrons. The molecule has 0 unspecified atom stereocenters. The fraction of sp³-hybridized carbons (Fsp3) is 0.0909. The predicted octanol–water partition coefficient (Wildman–Crippen LogP) is 0.537. The van der Waals surface area contributed by atoms with Crippen molar-refractivity contribution in [2.75, 3.05) is 5.73 Å². The summed E-state index contributed by atoms with van der Waals surface area (Å²) < 4.78 is 26.4. The first-order valence-electron chi connectivity index (χ1n) is 5.18. The van der Waals surface area contributed by atoms with E-state index in [1.54, 1.807) is 0 Å². The van der Waals surface area contributed by atoms with Gasteiger partial charge in [-0.15, -0.1) is 0 Å². The van der Waals surface area contributed by atoms with Crippen LogP contribution in [-0.2, 0) is 16.6 Å². The minimum Gasteiger partial charge on any atom is -0.382 e. The van der Waals surface area contributed by atoms with Crippen molar-refractivity contribution in [3.05, 3.63) is 48.4 Å². The van der Waals surface area contributed by atoms with E-state index in [-0.39, 0.29) is 17.3 Å². The smallest absolute Gasteiger partial charge is 0.246 e. The zero-order chi connectivity index (χ0) is 13.0. The first kappa shape index (κ1) is 12.5. The van der Waals surface area contributed by atoms with Gasteiger partial charge in [-0.2, -0.15) is 0 Å². The van der Waals surface area contributed by atoms with Gasteiger partial charge in [-0.25, -0.2) is 23.1 Å². The Morgan fingerprint density at radius 1 is 1.22 bits per heavy atom. The lowest BCUT2D eigenvalue weighted by molar-refractivity contribution is 0.581. The Morgan fingerprint density at radius 2 is 1.94 bits per heavy atom. The first-order chi connectivity index (χ1) is 8.59. The van der Waals surface area contributed by atoms with Gasteiger partial charge in [-0.3, -0.25) is 0 Å². The normalized spacial score (nSPS) is 11.3. The SMILES string of the molecule is Nc1ncncc1S(=O)(=O)NCc1ccccc1. The lowest BCUT2D eigenvalue weighted by atomic mass is 10.2. The minimum absolute atomic E-state index is 0.0643. The summed E-state index contributed by atoms with van der Waals surface area (Å²) in [5, 5.41) is 0. The number of nitrogens with one attached hydrogen (secondary N) is 1. The van der Waals surface area contributed by atoms with Crippen LogP contribution in [0, 0.1) is 0 Å². The molecule has 0 aliphatic rings. The molecule has 0 amide bonds. The van der Waals surface area contributed by atoms with Gasteiger partial charge in [-0.05, 0) is 5.56 Å². The van der Waals surface area contributed by atoms with Crippen LogP contribution in [-0.4, -0.2) is 18.4 Å². The Bertz CT molecular complexity index is 629. The number of aromatic nitrogens is 2. The van der Waals surface area contributed by atoms with Crippen LogP contribution in [0.15, 0.2) is 47.8 Å². The van der Waals surface area contributed by atoms with Crippen molar-refractivity contribution < 1.29 is 8.42 Å². The van der Waals surface area contributed by atoms with Crippen LogP contribution in [0.5, 0.6) is 0 Å². The van der Waals surface area contributed by atoms with Gasteiger partial charge >= 0.3 is 0 Å². The molecule has 0 atom stereocenters. The monoisotopic (exact) mass is 264 g/mol. The second kappa shape index (κ2) is 5.11. The first-order valence-corrected chi connectivity index (χ1v) is 6.67. The van der Waals surface area contributed by atoms with Crippen molar-refractivity contribution in [1.29, 1.82) is 0 Å².